The molecule has 1 aliphatic rings. The number of aromatic nitrogens is 2. The number of carbonyl (C=O) groups is 1. The number of hydrogen-bond donors (Lipinski definition) is 3. The third-order valence-corrected chi connectivity index (χ3v) is 6.11. The molecule has 160 valence electrons. The Morgan fingerprint density at radius 3 is 2.38 bits per heavy atom. The Hall–Kier alpha value is -3.97. The summed E-state index contributed by atoms with van der Waals surface area (Å²) in [5.41, 5.74) is 12.9. The van der Waals surface area contributed by atoms with Crippen molar-refractivity contribution in [2.24, 2.45) is 11.6 Å². The molecule has 7 nitrogen and oxygen atoms in total. The lowest BCUT2D eigenvalue weighted by Gasteiger charge is -2.40. The van der Waals surface area contributed by atoms with Crippen molar-refractivity contribution in [1.29, 1.82) is 0 Å². The van der Waals surface area contributed by atoms with Gasteiger partial charge in [-0.05, 0) is 42.5 Å². The van der Waals surface area contributed by atoms with Crippen LogP contribution < -0.4 is 17.0 Å². The van der Waals surface area contributed by atoms with E-state index in [1.165, 1.54) is 0 Å². The molecule has 0 atom stereocenters. The quantitative estimate of drug-likeness (QED) is 0.315. The van der Waals surface area contributed by atoms with Crippen LogP contribution in [0.2, 0.25) is 0 Å². The van der Waals surface area contributed by atoms with Crippen molar-refractivity contribution < 1.29 is 9.53 Å². The highest BCUT2D eigenvalue weighted by Gasteiger charge is 2.42. The number of primary amides is 1. The SMILES string of the molecule is NNc1nccc2nc(-c3ccc(C4(OC(N)=O)CCC4)cc3)c(-c3ccccc3)cc12. The molecule has 0 radical (unpaired) electrons. The van der Waals surface area contributed by atoms with Gasteiger partial charge in [0.05, 0.1) is 11.2 Å². The van der Waals surface area contributed by atoms with Gasteiger partial charge < -0.3 is 15.9 Å². The van der Waals surface area contributed by atoms with Gasteiger partial charge in [0.25, 0.3) is 0 Å². The van der Waals surface area contributed by atoms with E-state index < -0.39 is 11.7 Å². The molecule has 2 aromatic carbocycles. The smallest absolute Gasteiger partial charge is 0.405 e. The molecule has 1 saturated carbocycles. The number of nitrogens with one attached hydrogen (secondary N) is 1. The van der Waals surface area contributed by atoms with Crippen LogP contribution in [0.25, 0.3) is 33.3 Å². The van der Waals surface area contributed by atoms with Crippen LogP contribution in [0.1, 0.15) is 24.8 Å². The van der Waals surface area contributed by atoms with Gasteiger partial charge in [0.2, 0.25) is 0 Å². The molecular formula is C25H23N5O2. The van der Waals surface area contributed by atoms with E-state index in [-0.39, 0.29) is 0 Å². The van der Waals surface area contributed by atoms with Gasteiger partial charge in [-0.3, -0.25) is 0 Å². The van der Waals surface area contributed by atoms with E-state index in [1.54, 1.807) is 6.20 Å². The van der Waals surface area contributed by atoms with Crippen LogP contribution in [0.15, 0.2) is 72.9 Å². The van der Waals surface area contributed by atoms with E-state index in [0.717, 1.165) is 58.1 Å². The van der Waals surface area contributed by atoms with E-state index in [9.17, 15) is 4.79 Å². The average Bonchev–Trinajstić information content (AvgIpc) is 2.80. The van der Waals surface area contributed by atoms with Crippen LogP contribution in [-0.4, -0.2) is 16.1 Å². The van der Waals surface area contributed by atoms with Gasteiger partial charge in [-0.2, -0.15) is 0 Å². The first-order chi connectivity index (χ1) is 15.6. The standard InChI is InChI=1S/C25H23N5O2/c26-24(31)32-25(12-4-13-25)18-9-7-17(8-10-18)22-19(16-5-2-1-3-6-16)15-20-21(29-22)11-14-28-23(20)30-27/h1-3,5-11,14-15H,4,12-13,27H2,(H2,26,31)(H,28,30). The molecule has 1 aliphatic carbocycles. The van der Waals surface area contributed by atoms with Crippen molar-refractivity contribution in [3.63, 3.8) is 0 Å². The molecule has 1 fully saturated rings. The van der Waals surface area contributed by atoms with Crippen LogP contribution in [0.4, 0.5) is 10.6 Å². The maximum Gasteiger partial charge on any atom is 0.405 e. The fraction of sp³-hybridized carbons (Fsp3) is 0.160. The number of pyridine rings is 2. The molecule has 0 aliphatic heterocycles. The highest BCUT2D eigenvalue weighted by Crippen LogP contribution is 2.45. The fourth-order valence-electron chi connectivity index (χ4n) is 4.34. The summed E-state index contributed by atoms with van der Waals surface area (Å²) in [7, 11) is 0. The predicted octanol–water partition coefficient (Wildman–Crippen LogP) is 4.72. The van der Waals surface area contributed by atoms with E-state index in [0.29, 0.717) is 5.82 Å². The number of nitrogens with two attached hydrogens (primary N) is 2. The number of ether oxygens (including phenoxy) is 1. The number of rotatable bonds is 5. The lowest BCUT2D eigenvalue weighted by atomic mass is 9.74. The molecule has 2 aromatic heterocycles. The highest BCUT2D eigenvalue weighted by molar-refractivity contribution is 5.96. The van der Waals surface area contributed by atoms with Gasteiger partial charge in [-0.25, -0.2) is 20.6 Å². The molecule has 0 bridgehead atoms. The van der Waals surface area contributed by atoms with Crippen molar-refractivity contribution in [2.45, 2.75) is 24.9 Å². The number of carbonyl (C=O) groups excluding carboxylic acids is 1. The number of nitrogens with zero attached hydrogens (tertiary/aromatic N) is 2. The molecule has 32 heavy (non-hydrogen) atoms. The van der Waals surface area contributed by atoms with Gasteiger partial charge in [0.15, 0.2) is 0 Å². The van der Waals surface area contributed by atoms with Gasteiger partial charge in [-0.1, -0.05) is 54.6 Å². The first-order valence-electron chi connectivity index (χ1n) is 10.5. The van der Waals surface area contributed by atoms with Crippen molar-refractivity contribution in [1.82, 2.24) is 9.97 Å². The third-order valence-electron chi connectivity index (χ3n) is 6.11. The number of benzene rings is 2. The summed E-state index contributed by atoms with van der Waals surface area (Å²) >= 11 is 0. The van der Waals surface area contributed by atoms with Crippen molar-refractivity contribution >= 4 is 22.8 Å². The summed E-state index contributed by atoms with van der Waals surface area (Å²) in [6.45, 7) is 0. The van der Waals surface area contributed by atoms with Gasteiger partial charge >= 0.3 is 6.09 Å². The molecule has 7 heteroatoms. The van der Waals surface area contributed by atoms with Crippen LogP contribution in [0, 0.1) is 0 Å². The van der Waals surface area contributed by atoms with Crippen LogP contribution in [-0.2, 0) is 10.3 Å². The second kappa shape index (κ2) is 7.94. The molecule has 2 heterocycles. The fourth-order valence-corrected chi connectivity index (χ4v) is 4.34. The zero-order valence-electron chi connectivity index (χ0n) is 17.4. The van der Waals surface area contributed by atoms with Crippen molar-refractivity contribution in [3.05, 3.63) is 78.5 Å². The van der Waals surface area contributed by atoms with E-state index in [4.69, 9.17) is 21.3 Å². The van der Waals surface area contributed by atoms with E-state index in [1.807, 2.05) is 48.5 Å². The topological polar surface area (TPSA) is 116 Å². The summed E-state index contributed by atoms with van der Waals surface area (Å²) in [5.74, 6) is 6.25. The van der Waals surface area contributed by atoms with Gasteiger partial charge in [0.1, 0.15) is 11.4 Å². The molecule has 5 rings (SSSR count). The van der Waals surface area contributed by atoms with Crippen molar-refractivity contribution in [2.75, 3.05) is 5.43 Å². The Kier molecular flexibility index (Phi) is 4.95. The summed E-state index contributed by atoms with van der Waals surface area (Å²) in [6, 6.07) is 22.0. The van der Waals surface area contributed by atoms with Crippen LogP contribution in [0.3, 0.4) is 0 Å². The summed E-state index contributed by atoms with van der Waals surface area (Å²) in [4.78, 5) is 20.7. The minimum Gasteiger partial charge on any atom is -0.438 e. The second-order valence-electron chi connectivity index (χ2n) is 7.97. The predicted molar refractivity (Wildman–Crippen MR) is 124 cm³/mol. The van der Waals surface area contributed by atoms with Crippen LogP contribution >= 0.6 is 0 Å². The van der Waals surface area contributed by atoms with Crippen molar-refractivity contribution in [3.8, 4) is 22.4 Å². The molecule has 0 spiro atoms. The first-order valence-corrected chi connectivity index (χ1v) is 10.5. The molecule has 0 unspecified atom stereocenters. The van der Waals surface area contributed by atoms with Crippen LogP contribution in [0.5, 0.6) is 0 Å². The Balaban J connectivity index is 1.64. The van der Waals surface area contributed by atoms with E-state index >= 15 is 0 Å². The average molecular weight is 425 g/mol. The Morgan fingerprint density at radius 1 is 1.00 bits per heavy atom. The Morgan fingerprint density at radius 2 is 1.75 bits per heavy atom. The molecule has 1 amide bonds. The minimum atomic E-state index is -0.741. The maximum absolute atomic E-state index is 11.4. The monoisotopic (exact) mass is 425 g/mol. The Bertz CT molecular complexity index is 1290. The Labute approximate surface area is 185 Å². The van der Waals surface area contributed by atoms with E-state index in [2.05, 4.69) is 28.6 Å². The molecule has 0 saturated heterocycles. The summed E-state index contributed by atoms with van der Waals surface area (Å²) in [5, 5.41) is 0.845. The number of anilines is 1. The second-order valence-corrected chi connectivity index (χ2v) is 7.97. The first kappa shape index (κ1) is 20.0. The molecule has 4 aromatic rings. The van der Waals surface area contributed by atoms with Gasteiger partial charge in [-0.15, -0.1) is 0 Å². The lowest BCUT2D eigenvalue weighted by molar-refractivity contribution is -0.0489. The minimum absolute atomic E-state index is 0.574. The number of hydrazine groups is 1. The molecule has 5 N–H and O–H groups in total. The maximum atomic E-state index is 11.4. The largest absolute Gasteiger partial charge is 0.438 e. The zero-order chi connectivity index (χ0) is 22.1. The third kappa shape index (κ3) is 3.42. The molecular weight excluding hydrogens is 402 g/mol. The number of hydrogen-bond acceptors (Lipinski definition) is 6. The summed E-state index contributed by atoms with van der Waals surface area (Å²) < 4.78 is 5.48. The zero-order valence-corrected chi connectivity index (χ0v) is 17.4. The lowest BCUT2D eigenvalue weighted by Crippen LogP contribution is -2.40. The normalized spacial score (nSPS) is 14.5. The van der Waals surface area contributed by atoms with Gasteiger partial charge in [0, 0.05) is 22.7 Å². The summed E-state index contributed by atoms with van der Waals surface area (Å²) in [6.07, 6.45) is 3.50. The number of amides is 1. The number of fused-ring (bicyclic) bond motifs is 1. The number of nitrogen functional groups attached to an aromatic ring is 1. The highest BCUT2D eigenvalue weighted by atomic mass is 16.6.